The highest BCUT2D eigenvalue weighted by atomic mass is 35.5. The molecule has 4 nitrogen and oxygen atoms in total. The van der Waals surface area contributed by atoms with E-state index >= 15 is 0 Å². The fourth-order valence-electron chi connectivity index (χ4n) is 4.03. The normalized spacial score (nSPS) is 14.4. The molecule has 0 saturated heterocycles. The molecular formula is C24H19ClFN3O. The van der Waals surface area contributed by atoms with Crippen LogP contribution in [0.1, 0.15) is 29.5 Å². The molecule has 0 fully saturated rings. The van der Waals surface area contributed by atoms with Crippen molar-refractivity contribution in [3.63, 3.8) is 0 Å². The molecule has 0 radical (unpaired) electrons. The van der Waals surface area contributed by atoms with Crippen molar-refractivity contribution in [2.45, 2.75) is 18.9 Å². The van der Waals surface area contributed by atoms with Gasteiger partial charge in [-0.2, -0.15) is 0 Å². The highest BCUT2D eigenvalue weighted by Crippen LogP contribution is 2.40. The molecule has 1 aliphatic heterocycles. The molecule has 4 aromatic rings. The van der Waals surface area contributed by atoms with E-state index in [0.717, 1.165) is 36.2 Å². The molecule has 0 aliphatic carbocycles. The van der Waals surface area contributed by atoms with Gasteiger partial charge in [-0.3, -0.25) is 0 Å². The lowest BCUT2D eigenvalue weighted by Crippen LogP contribution is -2.34. The molecule has 0 saturated carbocycles. The summed E-state index contributed by atoms with van der Waals surface area (Å²) in [6, 6.07) is 22.0. The maximum absolute atomic E-state index is 13.8. The Hall–Kier alpha value is -3.18. The molecule has 3 aromatic carbocycles. The molecule has 6 heteroatoms. The largest absolute Gasteiger partial charge is 0.418 e. The zero-order valence-corrected chi connectivity index (χ0v) is 16.9. The molecule has 2 heterocycles. The summed E-state index contributed by atoms with van der Waals surface area (Å²) in [6.07, 6.45) is 2.00. The monoisotopic (exact) mass is 419 g/mol. The van der Waals surface area contributed by atoms with Gasteiger partial charge in [-0.15, -0.1) is 10.2 Å². The molecule has 30 heavy (non-hydrogen) atoms. The second-order valence-corrected chi connectivity index (χ2v) is 7.71. The highest BCUT2D eigenvalue weighted by Gasteiger charge is 2.32. The Morgan fingerprint density at radius 2 is 1.77 bits per heavy atom. The zero-order valence-electron chi connectivity index (χ0n) is 16.1. The smallest absolute Gasteiger partial charge is 0.247 e. The van der Waals surface area contributed by atoms with E-state index < -0.39 is 6.04 Å². The van der Waals surface area contributed by atoms with Crippen LogP contribution in [0.3, 0.4) is 0 Å². The molecule has 5 rings (SSSR count). The van der Waals surface area contributed by atoms with E-state index in [0.29, 0.717) is 16.8 Å². The molecule has 0 spiro atoms. The molecule has 0 unspecified atom stereocenters. The minimum Gasteiger partial charge on any atom is -0.418 e. The van der Waals surface area contributed by atoms with Gasteiger partial charge < -0.3 is 9.32 Å². The fourth-order valence-corrected chi connectivity index (χ4v) is 4.30. The Bertz CT molecular complexity index is 1180. The van der Waals surface area contributed by atoms with Crippen molar-refractivity contribution >= 4 is 17.3 Å². The van der Waals surface area contributed by atoms with Gasteiger partial charge in [0.25, 0.3) is 0 Å². The van der Waals surface area contributed by atoms with Crippen molar-refractivity contribution in [3.05, 3.63) is 101 Å². The minimum atomic E-state index is -0.412. The average molecular weight is 420 g/mol. The van der Waals surface area contributed by atoms with Crippen LogP contribution in [0.5, 0.6) is 0 Å². The number of rotatable bonds is 4. The fraction of sp³-hybridized carbons (Fsp3) is 0.167. The molecule has 150 valence electrons. The first-order valence-corrected chi connectivity index (χ1v) is 10.3. The van der Waals surface area contributed by atoms with Crippen molar-refractivity contribution in [2.75, 3.05) is 11.4 Å². The van der Waals surface area contributed by atoms with Gasteiger partial charge in [0.2, 0.25) is 11.8 Å². The maximum Gasteiger partial charge on any atom is 0.247 e. The van der Waals surface area contributed by atoms with Gasteiger partial charge in [-0.25, -0.2) is 4.39 Å². The number of halogens is 2. The molecule has 1 aliphatic rings. The summed E-state index contributed by atoms with van der Waals surface area (Å²) in [5.41, 5.74) is 3.95. The second-order valence-electron chi connectivity index (χ2n) is 7.31. The molecule has 0 N–H and O–H groups in total. The summed E-state index contributed by atoms with van der Waals surface area (Å²) in [5, 5.41) is 8.98. The molecule has 1 aromatic heterocycles. The third-order valence-electron chi connectivity index (χ3n) is 5.41. The lowest BCUT2D eigenvalue weighted by molar-refractivity contribution is 0.462. The average Bonchev–Trinajstić information content (AvgIpc) is 3.26. The van der Waals surface area contributed by atoms with Crippen LogP contribution in [0.25, 0.3) is 11.5 Å². The number of para-hydroxylation sites is 1. The van der Waals surface area contributed by atoms with E-state index in [2.05, 4.69) is 27.2 Å². The summed E-state index contributed by atoms with van der Waals surface area (Å²) in [6.45, 7) is 0.804. The number of aromatic nitrogens is 2. The Balaban J connectivity index is 1.64. The van der Waals surface area contributed by atoms with E-state index in [-0.39, 0.29) is 5.82 Å². The molecular weight excluding hydrogens is 401 g/mol. The Kier molecular flexibility index (Phi) is 4.97. The van der Waals surface area contributed by atoms with Crippen LogP contribution >= 0.6 is 11.6 Å². The molecule has 1 atom stereocenters. The minimum absolute atomic E-state index is 0.336. The van der Waals surface area contributed by atoms with Gasteiger partial charge in [0.1, 0.15) is 11.9 Å². The maximum atomic E-state index is 13.8. The van der Waals surface area contributed by atoms with Crippen molar-refractivity contribution in [1.82, 2.24) is 10.2 Å². The summed E-state index contributed by atoms with van der Waals surface area (Å²) in [7, 11) is 0. The van der Waals surface area contributed by atoms with Crippen LogP contribution in [-0.4, -0.2) is 16.7 Å². The molecule has 0 amide bonds. The Morgan fingerprint density at radius 1 is 0.967 bits per heavy atom. The number of aryl methyl sites for hydroxylation is 1. The van der Waals surface area contributed by atoms with Gasteiger partial charge in [-0.05, 0) is 48.7 Å². The van der Waals surface area contributed by atoms with Gasteiger partial charge in [0.15, 0.2) is 0 Å². The predicted octanol–water partition coefficient (Wildman–Crippen LogP) is 6.07. The Labute approximate surface area is 178 Å². The summed E-state index contributed by atoms with van der Waals surface area (Å²) in [4.78, 5) is 2.22. The van der Waals surface area contributed by atoms with E-state index in [1.165, 1.54) is 17.7 Å². The van der Waals surface area contributed by atoms with E-state index in [4.69, 9.17) is 16.0 Å². The van der Waals surface area contributed by atoms with E-state index in [1.807, 2.05) is 42.5 Å². The second kappa shape index (κ2) is 7.92. The number of hydrogen-bond donors (Lipinski definition) is 0. The predicted molar refractivity (Wildman–Crippen MR) is 115 cm³/mol. The van der Waals surface area contributed by atoms with Crippen LogP contribution in [0.15, 0.2) is 77.2 Å². The van der Waals surface area contributed by atoms with Crippen LogP contribution in [-0.2, 0) is 6.42 Å². The van der Waals surface area contributed by atoms with E-state index in [9.17, 15) is 4.39 Å². The van der Waals surface area contributed by atoms with Gasteiger partial charge in [0, 0.05) is 28.4 Å². The van der Waals surface area contributed by atoms with Crippen LogP contribution < -0.4 is 4.90 Å². The highest BCUT2D eigenvalue weighted by molar-refractivity contribution is 6.31. The third-order valence-corrected chi connectivity index (χ3v) is 5.74. The van der Waals surface area contributed by atoms with Crippen LogP contribution in [0, 0.1) is 5.82 Å². The first-order valence-electron chi connectivity index (χ1n) is 9.89. The lowest BCUT2D eigenvalue weighted by Gasteiger charge is -2.36. The van der Waals surface area contributed by atoms with Gasteiger partial charge >= 0.3 is 0 Å². The van der Waals surface area contributed by atoms with E-state index in [1.54, 1.807) is 6.07 Å². The van der Waals surface area contributed by atoms with Gasteiger partial charge in [-0.1, -0.05) is 54.1 Å². The standard InChI is InChI=1S/C24H19ClFN3O/c25-20-15-18(26)12-13-19(20)22(29-14-6-10-16-7-4-5-11-21(16)29)24-28-27-23(30-24)17-8-2-1-3-9-17/h1-5,7-9,11-13,15,22H,6,10,14H2/t22-/m0/s1. The van der Waals surface area contributed by atoms with Crippen molar-refractivity contribution in [2.24, 2.45) is 0 Å². The lowest BCUT2D eigenvalue weighted by atomic mass is 9.97. The third kappa shape index (κ3) is 3.46. The summed E-state index contributed by atoms with van der Waals surface area (Å²) >= 11 is 6.49. The van der Waals surface area contributed by atoms with Gasteiger partial charge in [0.05, 0.1) is 0 Å². The number of nitrogens with zero attached hydrogens (tertiary/aromatic N) is 3. The summed E-state index contributed by atoms with van der Waals surface area (Å²) < 4.78 is 19.9. The van der Waals surface area contributed by atoms with Crippen LogP contribution in [0.2, 0.25) is 5.02 Å². The Morgan fingerprint density at radius 3 is 2.60 bits per heavy atom. The van der Waals surface area contributed by atoms with Crippen molar-refractivity contribution in [3.8, 4) is 11.5 Å². The van der Waals surface area contributed by atoms with Crippen LogP contribution in [0.4, 0.5) is 10.1 Å². The molecule has 0 bridgehead atoms. The summed E-state index contributed by atoms with van der Waals surface area (Å²) in [5.74, 6) is 0.496. The number of anilines is 1. The zero-order chi connectivity index (χ0) is 20.5. The first-order chi connectivity index (χ1) is 14.7. The SMILES string of the molecule is Fc1ccc([C@@H](c2nnc(-c3ccccc3)o2)N2CCCc3ccccc32)c(Cl)c1. The number of hydrogen-bond acceptors (Lipinski definition) is 4. The first kappa shape index (κ1) is 18.8. The number of benzene rings is 3. The van der Waals surface area contributed by atoms with Crippen molar-refractivity contribution < 1.29 is 8.81 Å². The number of fused-ring (bicyclic) bond motifs is 1. The quantitative estimate of drug-likeness (QED) is 0.402. The van der Waals surface area contributed by atoms with Crippen molar-refractivity contribution in [1.29, 1.82) is 0 Å². The topological polar surface area (TPSA) is 42.2 Å².